The number of epoxide rings is 1. The number of hydrogen-bond acceptors (Lipinski definition) is 2. The predicted molar refractivity (Wildman–Crippen MR) is 62.7 cm³/mol. The predicted octanol–water partition coefficient (Wildman–Crippen LogP) is 2.94. The Morgan fingerprint density at radius 2 is 2.00 bits per heavy atom. The van der Waals surface area contributed by atoms with Crippen LogP contribution in [0.1, 0.15) is 24.8 Å². The Labute approximate surface area is 96.6 Å². The van der Waals surface area contributed by atoms with Crippen LogP contribution in [0.15, 0.2) is 24.3 Å². The normalized spacial score (nSPS) is 31.9. The topological polar surface area (TPSA) is 21.8 Å². The Morgan fingerprint density at radius 1 is 1.19 bits per heavy atom. The van der Waals surface area contributed by atoms with Gasteiger partial charge in [0.15, 0.2) is 0 Å². The van der Waals surface area contributed by atoms with Crippen molar-refractivity contribution >= 4 is 0 Å². The van der Waals surface area contributed by atoms with E-state index in [0.29, 0.717) is 18.1 Å². The van der Waals surface area contributed by atoms with Crippen molar-refractivity contribution in [3.63, 3.8) is 0 Å². The fraction of sp³-hybridized carbons (Fsp3) is 0.571. The molecule has 0 bridgehead atoms. The molecule has 1 saturated carbocycles. The second-order valence-corrected chi connectivity index (χ2v) is 5.02. The molecule has 0 aromatic heterocycles. The Bertz CT molecular complexity index is 358. The van der Waals surface area contributed by atoms with Crippen LogP contribution in [0.25, 0.3) is 0 Å². The van der Waals surface area contributed by atoms with E-state index in [1.165, 1.54) is 24.8 Å². The number of rotatable bonds is 3. The second-order valence-electron chi connectivity index (χ2n) is 5.02. The van der Waals surface area contributed by atoms with Crippen LogP contribution in [0.2, 0.25) is 0 Å². The van der Waals surface area contributed by atoms with Crippen LogP contribution in [0.5, 0.6) is 5.75 Å². The molecule has 1 aromatic rings. The summed E-state index contributed by atoms with van der Waals surface area (Å²) in [6.45, 7) is 2.94. The van der Waals surface area contributed by atoms with E-state index in [4.69, 9.17) is 9.47 Å². The number of ether oxygens (including phenoxy) is 2. The molecule has 3 rings (SSSR count). The minimum Gasteiger partial charge on any atom is -0.493 e. The van der Waals surface area contributed by atoms with E-state index in [1.807, 2.05) is 0 Å². The quantitative estimate of drug-likeness (QED) is 0.728. The first-order chi connectivity index (χ1) is 7.81. The van der Waals surface area contributed by atoms with Crippen molar-refractivity contribution in [2.24, 2.45) is 5.92 Å². The summed E-state index contributed by atoms with van der Waals surface area (Å²) in [5, 5.41) is 0. The summed E-state index contributed by atoms with van der Waals surface area (Å²) in [7, 11) is 0. The van der Waals surface area contributed by atoms with E-state index in [9.17, 15) is 0 Å². The van der Waals surface area contributed by atoms with E-state index in [-0.39, 0.29) is 0 Å². The van der Waals surface area contributed by atoms with E-state index in [2.05, 4.69) is 31.2 Å². The molecule has 2 heteroatoms. The molecular weight excluding hydrogens is 200 g/mol. The van der Waals surface area contributed by atoms with Crippen LogP contribution >= 0.6 is 0 Å². The molecule has 1 aromatic carbocycles. The van der Waals surface area contributed by atoms with Gasteiger partial charge in [-0.2, -0.15) is 0 Å². The highest BCUT2D eigenvalue weighted by molar-refractivity contribution is 5.26. The van der Waals surface area contributed by atoms with Crippen LogP contribution in [0.3, 0.4) is 0 Å². The van der Waals surface area contributed by atoms with E-state index >= 15 is 0 Å². The van der Waals surface area contributed by atoms with Crippen molar-refractivity contribution in [2.75, 3.05) is 6.61 Å². The van der Waals surface area contributed by atoms with Gasteiger partial charge in [0.25, 0.3) is 0 Å². The van der Waals surface area contributed by atoms with Crippen LogP contribution in [0.4, 0.5) is 0 Å². The maximum Gasteiger partial charge on any atom is 0.119 e. The minimum absolute atomic E-state index is 0.556. The van der Waals surface area contributed by atoms with Crippen molar-refractivity contribution in [3.8, 4) is 5.75 Å². The molecule has 1 heterocycles. The molecule has 1 aliphatic heterocycles. The van der Waals surface area contributed by atoms with Gasteiger partial charge in [-0.3, -0.25) is 0 Å². The van der Waals surface area contributed by atoms with Crippen LogP contribution in [-0.2, 0) is 4.74 Å². The lowest BCUT2D eigenvalue weighted by Crippen LogP contribution is -2.19. The van der Waals surface area contributed by atoms with Crippen LogP contribution < -0.4 is 4.74 Å². The lowest BCUT2D eigenvalue weighted by molar-refractivity contribution is 0.217. The van der Waals surface area contributed by atoms with Crippen molar-refractivity contribution in [3.05, 3.63) is 29.8 Å². The van der Waals surface area contributed by atoms with Gasteiger partial charge in [0, 0.05) is 0 Å². The van der Waals surface area contributed by atoms with Crippen LogP contribution in [0, 0.1) is 12.8 Å². The molecule has 3 unspecified atom stereocenters. The van der Waals surface area contributed by atoms with Gasteiger partial charge in [0.2, 0.25) is 0 Å². The molecule has 0 radical (unpaired) electrons. The first-order valence-corrected chi connectivity index (χ1v) is 6.16. The zero-order valence-corrected chi connectivity index (χ0v) is 9.69. The van der Waals surface area contributed by atoms with Crippen molar-refractivity contribution in [1.29, 1.82) is 0 Å². The molecule has 0 N–H and O–H groups in total. The molecule has 1 aliphatic carbocycles. The Hall–Kier alpha value is -1.02. The molecule has 0 spiro atoms. The summed E-state index contributed by atoms with van der Waals surface area (Å²) >= 11 is 0. The van der Waals surface area contributed by atoms with Gasteiger partial charge in [0.1, 0.15) is 5.75 Å². The number of hydrogen-bond donors (Lipinski definition) is 0. The second kappa shape index (κ2) is 4.10. The van der Waals surface area contributed by atoms with Gasteiger partial charge in [-0.05, 0) is 44.2 Å². The molecule has 3 atom stereocenters. The Kier molecular flexibility index (Phi) is 2.60. The zero-order chi connectivity index (χ0) is 11.0. The van der Waals surface area contributed by atoms with E-state index in [1.54, 1.807) is 0 Å². The standard InChI is InChI=1S/C14H18O2/c1-10-2-5-12(6-3-10)15-9-11-4-7-13-14(8-11)16-13/h2-3,5-6,11,13-14H,4,7-9H2,1H3. The fourth-order valence-electron chi connectivity index (χ4n) is 2.49. The summed E-state index contributed by atoms with van der Waals surface area (Å²) in [5.41, 5.74) is 1.28. The molecule has 2 fully saturated rings. The fourth-order valence-corrected chi connectivity index (χ4v) is 2.49. The number of aryl methyl sites for hydroxylation is 1. The first kappa shape index (κ1) is 10.2. The van der Waals surface area contributed by atoms with E-state index in [0.717, 1.165) is 12.4 Å². The van der Waals surface area contributed by atoms with Crippen molar-refractivity contribution in [1.82, 2.24) is 0 Å². The van der Waals surface area contributed by atoms with Gasteiger partial charge in [-0.15, -0.1) is 0 Å². The summed E-state index contributed by atoms with van der Waals surface area (Å²) in [5.74, 6) is 1.68. The highest BCUT2D eigenvalue weighted by atomic mass is 16.6. The minimum atomic E-state index is 0.556. The third-order valence-electron chi connectivity index (χ3n) is 3.62. The molecule has 2 nitrogen and oxygen atoms in total. The lowest BCUT2D eigenvalue weighted by Gasteiger charge is -2.19. The monoisotopic (exact) mass is 218 g/mol. The molecule has 1 saturated heterocycles. The summed E-state index contributed by atoms with van der Waals surface area (Å²) < 4.78 is 11.3. The number of fused-ring (bicyclic) bond motifs is 1. The summed E-state index contributed by atoms with van der Waals surface area (Å²) in [6.07, 6.45) is 4.83. The molecule has 0 amide bonds. The average Bonchev–Trinajstić information content (AvgIpc) is 3.06. The highest BCUT2D eigenvalue weighted by Crippen LogP contribution is 2.39. The third kappa shape index (κ3) is 2.22. The molecule has 2 aliphatic rings. The Balaban J connectivity index is 1.50. The molecular formula is C14H18O2. The highest BCUT2D eigenvalue weighted by Gasteiger charge is 2.43. The average molecular weight is 218 g/mol. The lowest BCUT2D eigenvalue weighted by atomic mass is 9.90. The van der Waals surface area contributed by atoms with Gasteiger partial charge in [-0.1, -0.05) is 17.7 Å². The zero-order valence-electron chi connectivity index (χ0n) is 9.69. The van der Waals surface area contributed by atoms with Crippen molar-refractivity contribution in [2.45, 2.75) is 38.4 Å². The van der Waals surface area contributed by atoms with Crippen LogP contribution in [-0.4, -0.2) is 18.8 Å². The maximum atomic E-state index is 5.81. The first-order valence-electron chi connectivity index (χ1n) is 6.16. The molecule has 86 valence electrons. The Morgan fingerprint density at radius 3 is 2.75 bits per heavy atom. The van der Waals surface area contributed by atoms with E-state index < -0.39 is 0 Å². The largest absolute Gasteiger partial charge is 0.493 e. The van der Waals surface area contributed by atoms with Crippen molar-refractivity contribution < 1.29 is 9.47 Å². The maximum absolute atomic E-state index is 5.81. The van der Waals surface area contributed by atoms with Gasteiger partial charge >= 0.3 is 0 Å². The van der Waals surface area contributed by atoms with Gasteiger partial charge < -0.3 is 9.47 Å². The molecule has 16 heavy (non-hydrogen) atoms. The smallest absolute Gasteiger partial charge is 0.119 e. The number of benzene rings is 1. The summed E-state index contributed by atoms with van der Waals surface area (Å²) in [6, 6.07) is 8.29. The summed E-state index contributed by atoms with van der Waals surface area (Å²) in [4.78, 5) is 0. The third-order valence-corrected chi connectivity index (χ3v) is 3.62. The van der Waals surface area contributed by atoms with Gasteiger partial charge in [-0.25, -0.2) is 0 Å². The van der Waals surface area contributed by atoms with Gasteiger partial charge in [0.05, 0.1) is 18.8 Å². The SMILES string of the molecule is Cc1ccc(OCC2CCC3OC3C2)cc1.